The number of oxazole rings is 1. The molecule has 2 aromatic carbocycles. The normalized spacial score (nSPS) is 19.0. The molecule has 0 unspecified atom stereocenters. The number of fused-ring (bicyclic) bond motifs is 1. The van der Waals surface area contributed by atoms with Gasteiger partial charge in [0.25, 0.3) is 0 Å². The van der Waals surface area contributed by atoms with Gasteiger partial charge in [0.1, 0.15) is 5.52 Å². The van der Waals surface area contributed by atoms with E-state index in [0.717, 1.165) is 6.54 Å². The summed E-state index contributed by atoms with van der Waals surface area (Å²) >= 11 is 0. The van der Waals surface area contributed by atoms with Gasteiger partial charge in [0.2, 0.25) is 5.91 Å². The van der Waals surface area contributed by atoms with Crippen LogP contribution in [0.25, 0.3) is 11.1 Å². The number of rotatable bonds is 3. The number of nitrogens with one attached hydrogen (secondary N) is 2. The van der Waals surface area contributed by atoms with Crippen LogP contribution in [-0.2, 0) is 4.79 Å². The topological polar surface area (TPSA) is 67.2 Å². The molecule has 0 radical (unpaired) electrons. The molecule has 1 saturated heterocycles. The Morgan fingerprint density at radius 1 is 1.08 bits per heavy atom. The van der Waals surface area contributed by atoms with Crippen molar-refractivity contribution in [2.45, 2.75) is 5.92 Å². The van der Waals surface area contributed by atoms with E-state index in [9.17, 15) is 4.79 Å². The molecule has 0 aliphatic carbocycles. The molecule has 0 bridgehead atoms. The molecular weight excluding hydrogens is 361 g/mol. The maximum atomic E-state index is 12.8. The number of hydrogen-bond donors (Lipinski definition) is 2. The highest BCUT2D eigenvalue weighted by molar-refractivity contribution is 6.00. The van der Waals surface area contributed by atoms with Crippen LogP contribution in [0.3, 0.4) is 0 Å². The molecule has 7 heteroatoms. The van der Waals surface area contributed by atoms with Crippen LogP contribution in [0.15, 0.2) is 59.3 Å². The number of anilines is 1. The fraction of sp³-hybridized carbons (Fsp3) is 0.222. The Morgan fingerprint density at radius 3 is 2.68 bits per heavy atom. The van der Waals surface area contributed by atoms with Gasteiger partial charge in [0.05, 0.1) is 11.6 Å². The number of halogens is 2. The summed E-state index contributed by atoms with van der Waals surface area (Å²) in [5.41, 5.74) is 3.24. The molecule has 0 spiro atoms. The van der Waals surface area contributed by atoms with Gasteiger partial charge in [-0.2, -0.15) is 0 Å². The fourth-order valence-electron chi connectivity index (χ4n) is 3.22. The molecule has 1 aliphatic rings. The van der Waals surface area contributed by atoms with Crippen molar-refractivity contribution < 1.29 is 9.21 Å². The van der Waals surface area contributed by atoms with Crippen LogP contribution in [-0.4, -0.2) is 24.0 Å². The zero-order chi connectivity index (χ0) is 15.6. The molecule has 1 aromatic heterocycles. The monoisotopic (exact) mass is 379 g/mol. The Hall–Kier alpha value is -2.08. The number of hydrogen-bond acceptors (Lipinski definition) is 4. The molecule has 25 heavy (non-hydrogen) atoms. The summed E-state index contributed by atoms with van der Waals surface area (Å²) in [6.45, 7) is 1.50. The van der Waals surface area contributed by atoms with Gasteiger partial charge in [-0.15, -0.1) is 24.8 Å². The Kier molecular flexibility index (Phi) is 6.42. The van der Waals surface area contributed by atoms with Gasteiger partial charge >= 0.3 is 0 Å². The Balaban J connectivity index is 0.00000113. The van der Waals surface area contributed by atoms with E-state index < -0.39 is 0 Å². The summed E-state index contributed by atoms with van der Waals surface area (Å²) in [6.07, 6.45) is 1.39. The summed E-state index contributed by atoms with van der Waals surface area (Å²) in [5, 5.41) is 6.34. The Labute approximate surface area is 158 Å². The van der Waals surface area contributed by atoms with Gasteiger partial charge in [-0.05, 0) is 17.7 Å². The average molecular weight is 380 g/mol. The highest BCUT2D eigenvalue weighted by Crippen LogP contribution is 2.30. The highest BCUT2D eigenvalue weighted by Gasteiger charge is 2.34. The molecule has 132 valence electrons. The summed E-state index contributed by atoms with van der Waals surface area (Å²) in [6, 6.07) is 15.7. The van der Waals surface area contributed by atoms with Crippen molar-refractivity contribution >= 4 is 47.5 Å². The lowest BCUT2D eigenvalue weighted by atomic mass is 9.88. The van der Waals surface area contributed by atoms with Crippen LogP contribution >= 0.6 is 24.8 Å². The maximum absolute atomic E-state index is 12.8. The van der Waals surface area contributed by atoms with Crippen molar-refractivity contribution in [2.75, 3.05) is 18.4 Å². The van der Waals surface area contributed by atoms with Crippen molar-refractivity contribution in [3.8, 4) is 0 Å². The van der Waals surface area contributed by atoms with E-state index in [1.165, 1.54) is 12.0 Å². The maximum Gasteiger partial charge on any atom is 0.229 e. The van der Waals surface area contributed by atoms with Crippen molar-refractivity contribution in [2.24, 2.45) is 5.92 Å². The van der Waals surface area contributed by atoms with Crippen molar-refractivity contribution in [1.82, 2.24) is 10.3 Å². The van der Waals surface area contributed by atoms with Gasteiger partial charge < -0.3 is 15.1 Å². The number of carbonyl (C=O) groups excluding carboxylic acids is 1. The lowest BCUT2D eigenvalue weighted by molar-refractivity contribution is -0.119. The molecule has 0 saturated carbocycles. The Morgan fingerprint density at radius 2 is 1.88 bits per heavy atom. The molecule has 1 fully saturated rings. The van der Waals surface area contributed by atoms with Gasteiger partial charge in [-0.1, -0.05) is 36.4 Å². The lowest BCUT2D eigenvalue weighted by Gasteiger charge is -2.18. The van der Waals surface area contributed by atoms with Crippen LogP contribution in [0, 0.1) is 5.92 Å². The van der Waals surface area contributed by atoms with E-state index in [1.54, 1.807) is 0 Å². The van der Waals surface area contributed by atoms with Crippen molar-refractivity contribution in [3.05, 3.63) is 60.5 Å². The first-order chi connectivity index (χ1) is 11.3. The summed E-state index contributed by atoms with van der Waals surface area (Å²) in [5.74, 6) is 0.103. The van der Waals surface area contributed by atoms with E-state index in [2.05, 4.69) is 27.8 Å². The molecule has 1 aliphatic heterocycles. The minimum Gasteiger partial charge on any atom is -0.443 e. The highest BCUT2D eigenvalue weighted by atomic mass is 35.5. The first-order valence-corrected chi connectivity index (χ1v) is 7.71. The second-order valence-corrected chi connectivity index (χ2v) is 5.78. The van der Waals surface area contributed by atoms with Crippen LogP contribution in [0.1, 0.15) is 11.5 Å². The van der Waals surface area contributed by atoms with Gasteiger partial charge in [-0.3, -0.25) is 4.79 Å². The number of para-hydroxylation sites is 1. The summed E-state index contributed by atoms with van der Waals surface area (Å²) in [7, 11) is 0. The third-order valence-corrected chi connectivity index (χ3v) is 4.40. The molecule has 3 aromatic rings. The second-order valence-electron chi connectivity index (χ2n) is 5.78. The zero-order valence-electron chi connectivity index (χ0n) is 13.3. The molecule has 4 rings (SSSR count). The Bertz CT molecular complexity index is 838. The van der Waals surface area contributed by atoms with Crippen LogP contribution in [0.4, 0.5) is 5.69 Å². The smallest absolute Gasteiger partial charge is 0.229 e. The molecule has 5 nitrogen and oxygen atoms in total. The van der Waals surface area contributed by atoms with E-state index >= 15 is 0 Å². The third-order valence-electron chi connectivity index (χ3n) is 4.40. The van der Waals surface area contributed by atoms with Crippen LogP contribution in [0.5, 0.6) is 0 Å². The van der Waals surface area contributed by atoms with Gasteiger partial charge in [-0.25, -0.2) is 4.98 Å². The number of aromatic nitrogens is 1. The number of benzene rings is 2. The van der Waals surface area contributed by atoms with E-state index in [4.69, 9.17) is 4.42 Å². The van der Waals surface area contributed by atoms with Crippen molar-refractivity contribution in [1.29, 1.82) is 0 Å². The summed E-state index contributed by atoms with van der Waals surface area (Å²) < 4.78 is 5.28. The quantitative estimate of drug-likeness (QED) is 0.729. The van der Waals surface area contributed by atoms with E-state index in [0.29, 0.717) is 23.3 Å². The van der Waals surface area contributed by atoms with E-state index in [1.807, 2.05) is 36.4 Å². The van der Waals surface area contributed by atoms with Gasteiger partial charge in [0.15, 0.2) is 12.0 Å². The van der Waals surface area contributed by atoms with E-state index in [-0.39, 0.29) is 42.6 Å². The predicted molar refractivity (Wildman–Crippen MR) is 103 cm³/mol. The molecular formula is C18H19Cl2N3O2. The SMILES string of the molecule is Cl.Cl.O=C(Nc1cccc2ocnc12)[C@@H]1CNC[C@H]1c1ccccc1. The standard InChI is InChI=1S/C18H17N3O2.2ClH/c22-18(21-15-7-4-8-16-17(15)20-11-23-16)14-10-19-9-13(14)12-5-2-1-3-6-12;;/h1-8,11,13-14,19H,9-10H2,(H,21,22);2*1H/t13-,14+;;/m0../s1. The first-order valence-electron chi connectivity index (χ1n) is 7.71. The minimum atomic E-state index is -0.0976. The lowest BCUT2D eigenvalue weighted by Crippen LogP contribution is -2.28. The van der Waals surface area contributed by atoms with Gasteiger partial charge in [0, 0.05) is 19.0 Å². The first kappa shape index (κ1) is 19.2. The second kappa shape index (κ2) is 8.34. The predicted octanol–water partition coefficient (Wildman–Crippen LogP) is 3.61. The molecule has 2 atom stereocenters. The third kappa shape index (κ3) is 3.79. The van der Waals surface area contributed by atoms with Crippen molar-refractivity contribution in [3.63, 3.8) is 0 Å². The zero-order valence-corrected chi connectivity index (χ0v) is 15.0. The minimum absolute atomic E-state index is 0. The molecule has 2 heterocycles. The summed E-state index contributed by atoms with van der Waals surface area (Å²) in [4.78, 5) is 16.9. The molecule has 2 N–H and O–H groups in total. The van der Waals surface area contributed by atoms with Crippen LogP contribution in [0.2, 0.25) is 0 Å². The largest absolute Gasteiger partial charge is 0.443 e. The average Bonchev–Trinajstić information content (AvgIpc) is 3.25. The molecule has 1 amide bonds. The van der Waals surface area contributed by atoms with Crippen LogP contribution < -0.4 is 10.6 Å². The number of amides is 1. The number of nitrogens with zero attached hydrogens (tertiary/aromatic N) is 1. The fourth-order valence-corrected chi connectivity index (χ4v) is 3.22. The number of carbonyl (C=O) groups is 1.